The van der Waals surface area contributed by atoms with Crippen molar-refractivity contribution < 1.29 is 19.8 Å². The van der Waals surface area contributed by atoms with Crippen LogP contribution in [0.5, 0.6) is 0 Å². The van der Waals surface area contributed by atoms with Crippen LogP contribution in [0.15, 0.2) is 0 Å². The van der Waals surface area contributed by atoms with Crippen molar-refractivity contribution in [2.24, 2.45) is 0 Å². The summed E-state index contributed by atoms with van der Waals surface area (Å²) in [6.07, 6.45) is -0.806. The summed E-state index contributed by atoms with van der Waals surface area (Å²) in [5, 5.41) is 15.4. The van der Waals surface area contributed by atoms with E-state index in [1.165, 1.54) is 0 Å². The Morgan fingerprint density at radius 1 is 1.12 bits per heavy atom. The second-order valence-corrected chi connectivity index (χ2v) is 0.964. The molecule has 0 spiro atoms. The summed E-state index contributed by atoms with van der Waals surface area (Å²) >= 11 is 0. The van der Waals surface area contributed by atoms with Gasteiger partial charge in [0.25, 0.3) is 0 Å². The van der Waals surface area contributed by atoms with Crippen LogP contribution in [-0.4, -0.2) is 41.9 Å². The van der Waals surface area contributed by atoms with E-state index in [1.807, 2.05) is 0 Å². The van der Waals surface area contributed by atoms with Crippen LogP contribution in [0, 0.1) is 0 Å². The van der Waals surface area contributed by atoms with Gasteiger partial charge in [-0.25, -0.2) is 0 Å². The Balaban J connectivity index is 0. The quantitative estimate of drug-likeness (QED) is 0.391. The number of hydrogen-bond donors (Lipinski definition) is 2. The summed E-state index contributed by atoms with van der Waals surface area (Å²) in [5.74, 6) is -2.62. The molecular formula is C3H7GaO4. The molecule has 0 amide bonds. The van der Waals surface area contributed by atoms with E-state index in [1.54, 1.807) is 0 Å². The van der Waals surface area contributed by atoms with Crippen molar-refractivity contribution in [3.63, 3.8) is 0 Å². The Hall–Kier alpha value is -0.424. The minimum atomic E-state index is -1.31. The zero-order valence-corrected chi connectivity index (χ0v) is 3.42. The zero-order chi connectivity index (χ0) is 5.86. The molecule has 0 bridgehead atoms. The first-order valence-electron chi connectivity index (χ1n) is 1.56. The van der Waals surface area contributed by atoms with E-state index in [0.717, 1.165) is 0 Å². The Morgan fingerprint density at radius 3 is 1.38 bits per heavy atom. The van der Waals surface area contributed by atoms with E-state index in [0.29, 0.717) is 0 Å². The Morgan fingerprint density at radius 2 is 1.38 bits per heavy atom. The van der Waals surface area contributed by atoms with Crippen molar-refractivity contribution >= 4 is 31.7 Å². The molecular weight excluding hydrogens is 170 g/mol. The summed E-state index contributed by atoms with van der Waals surface area (Å²) in [4.78, 5) is 18.9. The van der Waals surface area contributed by atoms with E-state index >= 15 is 0 Å². The van der Waals surface area contributed by atoms with Crippen molar-refractivity contribution in [2.75, 3.05) is 0 Å². The third-order valence-electron chi connectivity index (χ3n) is 0.302. The van der Waals surface area contributed by atoms with Crippen molar-refractivity contribution in [1.82, 2.24) is 0 Å². The first kappa shape index (κ1) is 10.5. The van der Waals surface area contributed by atoms with Gasteiger partial charge in [0.05, 0.1) is 0 Å². The fourth-order valence-electron chi connectivity index (χ4n) is 0.129. The van der Waals surface area contributed by atoms with Gasteiger partial charge in [-0.05, 0) is 0 Å². The van der Waals surface area contributed by atoms with Crippen molar-refractivity contribution in [1.29, 1.82) is 0 Å². The van der Waals surface area contributed by atoms with Gasteiger partial charge in [0.2, 0.25) is 0 Å². The summed E-state index contributed by atoms with van der Waals surface area (Å²) < 4.78 is 0. The second-order valence-electron chi connectivity index (χ2n) is 0.964. The van der Waals surface area contributed by atoms with Gasteiger partial charge in [-0.15, -0.1) is 0 Å². The number of carbonyl (C=O) groups is 2. The van der Waals surface area contributed by atoms with Crippen molar-refractivity contribution in [3.8, 4) is 0 Å². The monoisotopic (exact) mass is 176 g/mol. The Kier molecular flexibility index (Phi) is 6.23. The molecule has 0 aromatic rings. The topological polar surface area (TPSA) is 74.6 Å². The SMILES string of the molecule is O=C(O)CC(=O)O.[GaH3]. The van der Waals surface area contributed by atoms with Gasteiger partial charge < -0.3 is 10.2 Å². The summed E-state index contributed by atoms with van der Waals surface area (Å²) in [6.45, 7) is 0. The molecule has 4 nitrogen and oxygen atoms in total. The van der Waals surface area contributed by atoms with E-state index in [4.69, 9.17) is 10.2 Å². The third-order valence-corrected chi connectivity index (χ3v) is 0.302. The molecule has 46 valence electrons. The summed E-state index contributed by atoms with van der Waals surface area (Å²) in [6, 6.07) is 0. The number of rotatable bonds is 2. The van der Waals surface area contributed by atoms with Crippen LogP contribution in [0.4, 0.5) is 0 Å². The van der Waals surface area contributed by atoms with Crippen LogP contribution in [0.1, 0.15) is 6.42 Å². The van der Waals surface area contributed by atoms with E-state index in [-0.39, 0.29) is 19.8 Å². The molecule has 8 heavy (non-hydrogen) atoms. The maximum atomic E-state index is 9.43. The fourth-order valence-corrected chi connectivity index (χ4v) is 0.129. The third kappa shape index (κ3) is 9.13. The molecule has 0 atom stereocenters. The molecule has 0 aromatic carbocycles. The average Bonchev–Trinajstić information content (AvgIpc) is 1.27. The number of hydrogen-bond acceptors (Lipinski definition) is 2. The number of carboxylic acids is 2. The van der Waals surface area contributed by atoms with Gasteiger partial charge >= 0.3 is 31.7 Å². The molecule has 0 unspecified atom stereocenters. The van der Waals surface area contributed by atoms with Gasteiger partial charge in [-0.2, -0.15) is 0 Å². The van der Waals surface area contributed by atoms with Crippen LogP contribution >= 0.6 is 0 Å². The zero-order valence-electron chi connectivity index (χ0n) is 3.42. The molecule has 0 radical (unpaired) electrons. The summed E-state index contributed by atoms with van der Waals surface area (Å²) in [5.41, 5.74) is 0. The molecule has 0 rings (SSSR count). The molecule has 0 aromatic heterocycles. The molecule has 0 aliphatic heterocycles. The maximum absolute atomic E-state index is 9.43. The standard InChI is InChI=1S/C3H4O4.Ga.3H/c4-2(5)1-3(6)7;;;;/h1H2,(H,4,5)(H,6,7);;;;. The van der Waals surface area contributed by atoms with Crippen LogP contribution in [0.3, 0.4) is 0 Å². The van der Waals surface area contributed by atoms with Crippen LogP contribution < -0.4 is 0 Å². The molecule has 0 saturated heterocycles. The Labute approximate surface area is 58.6 Å². The number of aliphatic carboxylic acids is 2. The first-order valence-corrected chi connectivity index (χ1v) is 1.56. The molecule has 0 aliphatic carbocycles. The Bertz CT molecular complexity index is 87.5. The van der Waals surface area contributed by atoms with E-state index in [9.17, 15) is 9.59 Å². The second kappa shape index (κ2) is 4.73. The molecule has 2 N–H and O–H groups in total. The van der Waals surface area contributed by atoms with Gasteiger partial charge in [0.1, 0.15) is 6.42 Å². The van der Waals surface area contributed by atoms with Crippen molar-refractivity contribution in [3.05, 3.63) is 0 Å². The minimum absolute atomic E-state index is 0. The van der Waals surface area contributed by atoms with Crippen LogP contribution in [0.2, 0.25) is 0 Å². The normalized spacial score (nSPS) is 7.00. The van der Waals surface area contributed by atoms with Gasteiger partial charge in [0, 0.05) is 0 Å². The van der Waals surface area contributed by atoms with Crippen molar-refractivity contribution in [2.45, 2.75) is 6.42 Å². The molecule has 0 saturated carbocycles. The number of carboxylic acid groups (broad SMARTS) is 2. The van der Waals surface area contributed by atoms with E-state index in [2.05, 4.69) is 0 Å². The predicted molar refractivity (Wildman–Crippen MR) is 29.8 cm³/mol. The summed E-state index contributed by atoms with van der Waals surface area (Å²) in [7, 11) is 0. The van der Waals surface area contributed by atoms with Gasteiger partial charge in [0.15, 0.2) is 0 Å². The molecule has 0 heterocycles. The molecule has 5 heteroatoms. The van der Waals surface area contributed by atoms with Gasteiger partial charge in [-0.3, -0.25) is 9.59 Å². The van der Waals surface area contributed by atoms with Crippen LogP contribution in [-0.2, 0) is 9.59 Å². The predicted octanol–water partition coefficient (Wildman–Crippen LogP) is -1.64. The average molecular weight is 177 g/mol. The first-order chi connectivity index (χ1) is 3.13. The van der Waals surface area contributed by atoms with Crippen LogP contribution in [0.25, 0.3) is 0 Å². The van der Waals surface area contributed by atoms with Gasteiger partial charge in [-0.1, -0.05) is 0 Å². The molecule has 0 fully saturated rings. The van der Waals surface area contributed by atoms with E-state index < -0.39 is 18.4 Å². The fraction of sp³-hybridized carbons (Fsp3) is 0.333. The molecule has 0 aliphatic rings.